The molecule has 102 valence electrons. The Morgan fingerprint density at radius 1 is 1.05 bits per heavy atom. The standard InChI is InChI=1S/C13H17N3O2S/c1-8-5-9(2)7-12(6-8)16-11(4)13(10(3)15-16)19(14,17)18/h5-7H,1-4H3,(H2,14,17,18). The zero-order chi connectivity index (χ0) is 14.4. The Labute approximate surface area is 113 Å². The van der Waals surface area contributed by atoms with Gasteiger partial charge in [0.25, 0.3) is 0 Å². The van der Waals surface area contributed by atoms with Gasteiger partial charge in [0.1, 0.15) is 4.90 Å². The maximum atomic E-state index is 11.6. The van der Waals surface area contributed by atoms with Gasteiger partial charge in [0.2, 0.25) is 10.0 Å². The van der Waals surface area contributed by atoms with Crippen molar-refractivity contribution in [2.24, 2.45) is 5.14 Å². The molecule has 1 heterocycles. The van der Waals surface area contributed by atoms with Crippen LogP contribution in [0.4, 0.5) is 0 Å². The molecular weight excluding hydrogens is 262 g/mol. The molecule has 0 amide bonds. The van der Waals surface area contributed by atoms with Gasteiger partial charge in [-0.15, -0.1) is 0 Å². The van der Waals surface area contributed by atoms with Crippen molar-refractivity contribution in [1.29, 1.82) is 0 Å². The molecule has 0 saturated heterocycles. The Balaban J connectivity index is 2.72. The van der Waals surface area contributed by atoms with Crippen LogP contribution in [0.15, 0.2) is 23.1 Å². The van der Waals surface area contributed by atoms with E-state index in [1.807, 2.05) is 26.0 Å². The molecule has 0 spiro atoms. The van der Waals surface area contributed by atoms with Gasteiger partial charge in [0, 0.05) is 0 Å². The van der Waals surface area contributed by atoms with Gasteiger partial charge < -0.3 is 0 Å². The molecule has 0 atom stereocenters. The van der Waals surface area contributed by atoms with Crippen LogP contribution in [0, 0.1) is 27.7 Å². The van der Waals surface area contributed by atoms with Gasteiger partial charge in [0.15, 0.2) is 0 Å². The maximum Gasteiger partial charge on any atom is 0.241 e. The molecule has 0 saturated carbocycles. The third-order valence-corrected chi connectivity index (χ3v) is 4.12. The van der Waals surface area contributed by atoms with Crippen LogP contribution in [0.2, 0.25) is 0 Å². The predicted molar refractivity (Wildman–Crippen MR) is 73.9 cm³/mol. The minimum Gasteiger partial charge on any atom is -0.236 e. The highest BCUT2D eigenvalue weighted by Gasteiger charge is 2.21. The van der Waals surface area contributed by atoms with E-state index >= 15 is 0 Å². The summed E-state index contributed by atoms with van der Waals surface area (Å²) in [6, 6.07) is 5.97. The van der Waals surface area contributed by atoms with Crippen LogP contribution in [0.1, 0.15) is 22.5 Å². The summed E-state index contributed by atoms with van der Waals surface area (Å²) < 4.78 is 24.8. The van der Waals surface area contributed by atoms with Gasteiger partial charge in [-0.1, -0.05) is 6.07 Å². The molecule has 0 unspecified atom stereocenters. The lowest BCUT2D eigenvalue weighted by Gasteiger charge is -2.07. The zero-order valence-electron chi connectivity index (χ0n) is 11.4. The van der Waals surface area contributed by atoms with Crippen LogP contribution in [0.3, 0.4) is 0 Å². The quantitative estimate of drug-likeness (QED) is 0.909. The third-order valence-electron chi connectivity index (χ3n) is 2.96. The zero-order valence-corrected chi connectivity index (χ0v) is 12.2. The Hall–Kier alpha value is -1.66. The van der Waals surface area contributed by atoms with Crippen LogP contribution >= 0.6 is 0 Å². The lowest BCUT2D eigenvalue weighted by atomic mass is 10.1. The van der Waals surface area contributed by atoms with Crippen LogP contribution in [-0.4, -0.2) is 18.2 Å². The van der Waals surface area contributed by atoms with Gasteiger partial charge in [-0.25, -0.2) is 18.2 Å². The van der Waals surface area contributed by atoms with E-state index in [-0.39, 0.29) is 4.90 Å². The van der Waals surface area contributed by atoms with E-state index in [2.05, 4.69) is 11.2 Å². The molecule has 1 aromatic carbocycles. The number of aryl methyl sites for hydroxylation is 3. The maximum absolute atomic E-state index is 11.6. The fourth-order valence-corrected chi connectivity index (χ4v) is 3.32. The summed E-state index contributed by atoms with van der Waals surface area (Å²) in [6.07, 6.45) is 0. The van der Waals surface area contributed by atoms with E-state index in [0.29, 0.717) is 11.4 Å². The number of benzene rings is 1. The van der Waals surface area contributed by atoms with E-state index in [0.717, 1.165) is 16.8 Å². The number of hydrogen-bond donors (Lipinski definition) is 1. The van der Waals surface area contributed by atoms with Gasteiger partial charge in [-0.05, 0) is 51.0 Å². The molecule has 0 aliphatic carbocycles. The van der Waals surface area contributed by atoms with Crippen LogP contribution in [-0.2, 0) is 10.0 Å². The number of sulfonamides is 1. The van der Waals surface area contributed by atoms with Crippen molar-refractivity contribution in [2.75, 3.05) is 0 Å². The predicted octanol–water partition coefficient (Wildman–Crippen LogP) is 1.75. The van der Waals surface area contributed by atoms with E-state index < -0.39 is 10.0 Å². The van der Waals surface area contributed by atoms with Crippen LogP contribution in [0.5, 0.6) is 0 Å². The number of rotatable bonds is 2. The number of aromatic nitrogens is 2. The summed E-state index contributed by atoms with van der Waals surface area (Å²) in [6.45, 7) is 7.33. The molecule has 2 rings (SSSR count). The number of nitrogens with two attached hydrogens (primary N) is 1. The smallest absolute Gasteiger partial charge is 0.236 e. The van der Waals surface area contributed by atoms with E-state index in [1.54, 1.807) is 18.5 Å². The largest absolute Gasteiger partial charge is 0.241 e. The first-order valence-corrected chi connectivity index (χ1v) is 7.42. The van der Waals surface area contributed by atoms with E-state index in [9.17, 15) is 8.42 Å². The molecule has 0 aliphatic heterocycles. The minimum absolute atomic E-state index is 0.103. The summed E-state index contributed by atoms with van der Waals surface area (Å²) in [5.74, 6) is 0. The Morgan fingerprint density at radius 2 is 1.58 bits per heavy atom. The van der Waals surface area contributed by atoms with Crippen molar-refractivity contribution in [1.82, 2.24) is 9.78 Å². The second-order valence-electron chi connectivity index (χ2n) is 4.80. The van der Waals surface area contributed by atoms with Gasteiger partial charge in [-0.3, -0.25) is 0 Å². The highest BCUT2D eigenvalue weighted by Crippen LogP contribution is 2.22. The normalized spacial score (nSPS) is 11.8. The van der Waals surface area contributed by atoms with Crippen molar-refractivity contribution in [3.63, 3.8) is 0 Å². The average Bonchev–Trinajstić information content (AvgIpc) is 2.51. The molecule has 0 bridgehead atoms. The van der Waals surface area contributed by atoms with Gasteiger partial charge in [0.05, 0.1) is 17.1 Å². The first kappa shape index (κ1) is 13.8. The van der Waals surface area contributed by atoms with Crippen LogP contribution < -0.4 is 5.14 Å². The van der Waals surface area contributed by atoms with Crippen LogP contribution in [0.25, 0.3) is 5.69 Å². The van der Waals surface area contributed by atoms with E-state index in [1.165, 1.54) is 0 Å². The molecule has 1 aromatic heterocycles. The monoisotopic (exact) mass is 279 g/mol. The Bertz CT molecular complexity index is 725. The summed E-state index contributed by atoms with van der Waals surface area (Å²) in [7, 11) is -3.75. The number of primary sulfonamides is 1. The lowest BCUT2D eigenvalue weighted by molar-refractivity contribution is 0.596. The first-order chi connectivity index (χ1) is 8.70. The molecule has 0 aliphatic rings. The molecule has 2 aromatic rings. The molecule has 0 radical (unpaired) electrons. The Morgan fingerprint density at radius 3 is 2.00 bits per heavy atom. The van der Waals surface area contributed by atoms with Gasteiger partial charge in [-0.2, -0.15) is 5.10 Å². The highest BCUT2D eigenvalue weighted by molar-refractivity contribution is 7.89. The molecule has 19 heavy (non-hydrogen) atoms. The first-order valence-electron chi connectivity index (χ1n) is 5.88. The van der Waals surface area contributed by atoms with Crippen molar-refractivity contribution >= 4 is 10.0 Å². The summed E-state index contributed by atoms with van der Waals surface area (Å²) in [5.41, 5.74) is 3.98. The van der Waals surface area contributed by atoms with E-state index in [4.69, 9.17) is 5.14 Å². The van der Waals surface area contributed by atoms with Crippen molar-refractivity contribution < 1.29 is 8.42 Å². The van der Waals surface area contributed by atoms with Crippen molar-refractivity contribution in [3.05, 3.63) is 40.7 Å². The highest BCUT2D eigenvalue weighted by atomic mass is 32.2. The molecular formula is C13H17N3O2S. The second kappa shape index (κ2) is 4.47. The lowest BCUT2D eigenvalue weighted by Crippen LogP contribution is -2.14. The number of nitrogens with zero attached hydrogens (tertiary/aromatic N) is 2. The molecule has 2 N–H and O–H groups in total. The molecule has 5 nitrogen and oxygen atoms in total. The summed E-state index contributed by atoms with van der Waals surface area (Å²) in [5, 5.41) is 9.52. The average molecular weight is 279 g/mol. The van der Waals surface area contributed by atoms with Gasteiger partial charge >= 0.3 is 0 Å². The fraction of sp³-hybridized carbons (Fsp3) is 0.308. The minimum atomic E-state index is -3.75. The van der Waals surface area contributed by atoms with Crippen molar-refractivity contribution in [3.8, 4) is 5.69 Å². The molecule has 0 fully saturated rings. The van der Waals surface area contributed by atoms with Crippen molar-refractivity contribution in [2.45, 2.75) is 32.6 Å². The fourth-order valence-electron chi connectivity index (χ4n) is 2.36. The summed E-state index contributed by atoms with van der Waals surface area (Å²) in [4.78, 5) is 0.103. The second-order valence-corrected chi connectivity index (χ2v) is 6.30. The summed E-state index contributed by atoms with van der Waals surface area (Å²) >= 11 is 0. The number of hydrogen-bond acceptors (Lipinski definition) is 3. The third kappa shape index (κ3) is 2.54. The Kier molecular flexibility index (Phi) is 3.24. The topological polar surface area (TPSA) is 78.0 Å². The SMILES string of the molecule is Cc1cc(C)cc(-n2nc(C)c(S(N)(=O)=O)c2C)c1. The molecule has 6 heteroatoms.